The van der Waals surface area contributed by atoms with E-state index >= 15 is 0 Å². The first-order valence-electron chi connectivity index (χ1n) is 9.24. The summed E-state index contributed by atoms with van der Waals surface area (Å²) in [6.07, 6.45) is 6.13. The van der Waals surface area contributed by atoms with Crippen molar-refractivity contribution in [2.45, 2.75) is 32.3 Å². The predicted molar refractivity (Wildman–Crippen MR) is 101 cm³/mol. The fourth-order valence-corrected chi connectivity index (χ4v) is 3.36. The van der Waals surface area contributed by atoms with Crippen LogP contribution in [0.15, 0.2) is 48.8 Å². The highest BCUT2D eigenvalue weighted by atomic mass is 16.5. The van der Waals surface area contributed by atoms with Crippen LogP contribution < -0.4 is 4.74 Å². The van der Waals surface area contributed by atoms with Gasteiger partial charge < -0.3 is 14.7 Å². The highest BCUT2D eigenvalue weighted by molar-refractivity contribution is 5.94. The van der Waals surface area contributed by atoms with E-state index in [1.807, 2.05) is 29.2 Å². The van der Waals surface area contributed by atoms with Gasteiger partial charge in [-0.15, -0.1) is 0 Å². The smallest absolute Gasteiger partial charge is 0.303 e. The molecule has 0 aliphatic carbocycles. The lowest BCUT2D eigenvalue weighted by Crippen LogP contribution is -2.40. The van der Waals surface area contributed by atoms with Crippen molar-refractivity contribution >= 4 is 11.9 Å². The Hall–Kier alpha value is -2.89. The van der Waals surface area contributed by atoms with Crippen molar-refractivity contribution in [3.63, 3.8) is 0 Å². The summed E-state index contributed by atoms with van der Waals surface area (Å²) >= 11 is 0. The summed E-state index contributed by atoms with van der Waals surface area (Å²) in [5, 5.41) is 8.86. The average molecular weight is 368 g/mol. The van der Waals surface area contributed by atoms with Gasteiger partial charge in [-0.3, -0.25) is 14.6 Å². The number of rotatable bonds is 7. The molecule has 2 aromatic rings. The quantitative estimate of drug-likeness (QED) is 0.810. The minimum Gasteiger partial charge on any atom is -0.489 e. The molecule has 1 aromatic carbocycles. The molecule has 142 valence electrons. The number of benzene rings is 1. The number of aromatic nitrogens is 1. The van der Waals surface area contributed by atoms with E-state index in [0.717, 1.165) is 18.4 Å². The zero-order valence-electron chi connectivity index (χ0n) is 15.2. The lowest BCUT2D eigenvalue weighted by atomic mass is 9.93. The average Bonchev–Trinajstić information content (AvgIpc) is 2.71. The summed E-state index contributed by atoms with van der Waals surface area (Å²) < 4.78 is 5.78. The number of piperidine rings is 1. The van der Waals surface area contributed by atoms with Crippen LogP contribution in [-0.4, -0.2) is 40.0 Å². The topological polar surface area (TPSA) is 79.7 Å². The second kappa shape index (κ2) is 9.16. The minimum atomic E-state index is -0.781. The molecule has 1 N–H and O–H groups in total. The number of aliphatic carboxylic acids is 1. The number of hydrogen-bond acceptors (Lipinski definition) is 4. The molecule has 1 aliphatic rings. The van der Waals surface area contributed by atoms with Crippen molar-refractivity contribution in [3.05, 3.63) is 59.9 Å². The van der Waals surface area contributed by atoms with E-state index in [4.69, 9.17) is 9.84 Å². The molecule has 2 heterocycles. The van der Waals surface area contributed by atoms with Gasteiger partial charge in [0.15, 0.2) is 0 Å². The second-order valence-corrected chi connectivity index (χ2v) is 6.87. The third kappa shape index (κ3) is 5.54. The normalized spacial score (nSPS) is 16.7. The summed E-state index contributed by atoms with van der Waals surface area (Å²) in [7, 11) is 0. The van der Waals surface area contributed by atoms with E-state index in [9.17, 15) is 9.59 Å². The van der Waals surface area contributed by atoms with Gasteiger partial charge in [0.05, 0.1) is 0 Å². The van der Waals surface area contributed by atoms with Gasteiger partial charge in [-0.05, 0) is 49.4 Å². The molecule has 0 unspecified atom stereocenters. The van der Waals surface area contributed by atoms with Crippen LogP contribution in [-0.2, 0) is 11.4 Å². The monoisotopic (exact) mass is 368 g/mol. The lowest BCUT2D eigenvalue weighted by Gasteiger charge is -2.32. The number of carboxylic acids is 1. The maximum atomic E-state index is 12.9. The van der Waals surface area contributed by atoms with E-state index in [-0.39, 0.29) is 18.2 Å². The number of amides is 1. The molecule has 0 radical (unpaired) electrons. The van der Waals surface area contributed by atoms with Crippen LogP contribution in [0, 0.1) is 5.92 Å². The summed E-state index contributed by atoms with van der Waals surface area (Å²) in [4.78, 5) is 29.5. The van der Waals surface area contributed by atoms with Crippen molar-refractivity contribution in [1.82, 2.24) is 9.88 Å². The molecular formula is C21H24N2O4. The maximum Gasteiger partial charge on any atom is 0.303 e. The van der Waals surface area contributed by atoms with Crippen molar-refractivity contribution in [1.29, 1.82) is 0 Å². The molecule has 1 aromatic heterocycles. The van der Waals surface area contributed by atoms with E-state index in [1.54, 1.807) is 24.5 Å². The van der Waals surface area contributed by atoms with Gasteiger partial charge in [0.1, 0.15) is 12.4 Å². The molecule has 1 amide bonds. The SMILES string of the molecule is O=C(O)CC[C@H]1CCCN(C(=O)c2cccc(OCc3cccnc3)c2)C1. The van der Waals surface area contributed by atoms with E-state index < -0.39 is 5.97 Å². The Kier molecular flexibility index (Phi) is 6.41. The Bertz CT molecular complexity index is 779. The highest BCUT2D eigenvalue weighted by Crippen LogP contribution is 2.23. The summed E-state index contributed by atoms with van der Waals surface area (Å²) in [6, 6.07) is 11.0. The Balaban J connectivity index is 1.60. The van der Waals surface area contributed by atoms with E-state index in [2.05, 4.69) is 4.98 Å². The zero-order valence-corrected chi connectivity index (χ0v) is 15.2. The lowest BCUT2D eigenvalue weighted by molar-refractivity contribution is -0.137. The summed E-state index contributed by atoms with van der Waals surface area (Å²) in [5.41, 5.74) is 1.56. The van der Waals surface area contributed by atoms with Crippen LogP contribution in [0.3, 0.4) is 0 Å². The predicted octanol–water partition coefficient (Wildman–Crippen LogP) is 3.38. The van der Waals surface area contributed by atoms with Crippen LogP contribution in [0.1, 0.15) is 41.6 Å². The third-order valence-corrected chi connectivity index (χ3v) is 4.78. The zero-order chi connectivity index (χ0) is 19.1. The van der Waals surface area contributed by atoms with E-state index in [1.165, 1.54) is 0 Å². The van der Waals surface area contributed by atoms with Gasteiger partial charge in [-0.25, -0.2) is 0 Å². The van der Waals surface area contributed by atoms with Crippen LogP contribution in [0.2, 0.25) is 0 Å². The number of carboxylic acid groups (broad SMARTS) is 1. The number of nitrogens with zero attached hydrogens (tertiary/aromatic N) is 2. The molecule has 1 aliphatic heterocycles. The van der Waals surface area contributed by atoms with Gasteiger partial charge in [0.25, 0.3) is 5.91 Å². The highest BCUT2D eigenvalue weighted by Gasteiger charge is 2.25. The fourth-order valence-electron chi connectivity index (χ4n) is 3.36. The molecule has 0 bridgehead atoms. The Morgan fingerprint density at radius 3 is 2.93 bits per heavy atom. The summed E-state index contributed by atoms with van der Waals surface area (Å²) in [5.74, 6) is 0.0896. The van der Waals surface area contributed by atoms with Gasteiger partial charge in [0, 0.05) is 43.0 Å². The van der Waals surface area contributed by atoms with Gasteiger partial charge >= 0.3 is 5.97 Å². The molecular weight excluding hydrogens is 344 g/mol. The van der Waals surface area contributed by atoms with E-state index in [0.29, 0.717) is 37.4 Å². The minimum absolute atomic E-state index is 0.0261. The number of likely N-dealkylation sites (tertiary alicyclic amines) is 1. The van der Waals surface area contributed by atoms with Crippen molar-refractivity contribution in [2.75, 3.05) is 13.1 Å². The van der Waals surface area contributed by atoms with Crippen LogP contribution in [0.5, 0.6) is 5.75 Å². The molecule has 1 atom stereocenters. The van der Waals surface area contributed by atoms with Gasteiger partial charge in [-0.1, -0.05) is 12.1 Å². The number of carbonyl (C=O) groups excluding carboxylic acids is 1. The number of ether oxygens (including phenoxy) is 1. The van der Waals surface area contributed by atoms with Crippen LogP contribution >= 0.6 is 0 Å². The molecule has 1 saturated heterocycles. The Labute approximate surface area is 158 Å². The van der Waals surface area contributed by atoms with Crippen LogP contribution in [0.4, 0.5) is 0 Å². The number of pyridine rings is 1. The first-order valence-corrected chi connectivity index (χ1v) is 9.24. The largest absolute Gasteiger partial charge is 0.489 e. The van der Waals surface area contributed by atoms with Gasteiger partial charge in [0.2, 0.25) is 0 Å². The first-order chi connectivity index (χ1) is 13.1. The van der Waals surface area contributed by atoms with Gasteiger partial charge in [-0.2, -0.15) is 0 Å². The molecule has 6 heteroatoms. The first kappa shape index (κ1) is 18.9. The number of hydrogen-bond donors (Lipinski definition) is 1. The third-order valence-electron chi connectivity index (χ3n) is 4.78. The fraction of sp³-hybridized carbons (Fsp3) is 0.381. The van der Waals surface area contributed by atoms with Crippen molar-refractivity contribution in [3.8, 4) is 5.75 Å². The van der Waals surface area contributed by atoms with Crippen molar-refractivity contribution < 1.29 is 19.4 Å². The molecule has 0 saturated carbocycles. The Morgan fingerprint density at radius 2 is 2.15 bits per heavy atom. The molecule has 0 spiro atoms. The second-order valence-electron chi connectivity index (χ2n) is 6.87. The van der Waals surface area contributed by atoms with Crippen molar-refractivity contribution in [2.24, 2.45) is 5.92 Å². The van der Waals surface area contributed by atoms with Crippen LogP contribution in [0.25, 0.3) is 0 Å². The maximum absolute atomic E-state index is 12.9. The molecule has 1 fully saturated rings. The number of carbonyl (C=O) groups is 2. The molecule has 27 heavy (non-hydrogen) atoms. The summed E-state index contributed by atoms with van der Waals surface area (Å²) in [6.45, 7) is 1.72. The standard InChI is InChI=1S/C21H24N2O4/c24-20(25)9-8-16-5-3-11-23(14-16)21(26)18-6-1-7-19(12-18)27-15-17-4-2-10-22-13-17/h1-2,4,6-7,10,12-13,16H,3,5,8-9,11,14-15H2,(H,24,25)/t16-/m1/s1. The molecule has 6 nitrogen and oxygen atoms in total. The molecule has 3 rings (SSSR count). The Morgan fingerprint density at radius 1 is 1.26 bits per heavy atom.